The first-order valence-corrected chi connectivity index (χ1v) is 9.51. The van der Waals surface area contributed by atoms with Crippen molar-refractivity contribution in [2.24, 2.45) is 0 Å². The smallest absolute Gasteiger partial charge is 0.151 e. The standard InChI is InChI=1S/C24H25NO2/c1-18-11-13-19(14-12-18)21-9-5-6-10-22(21)27-24(20-7-3-2-4-8-20)23-17-25-15-16-26-23/h2-14,23-25H,15-17H2,1H3/t23-,24-/m0/s1. The Bertz CT molecular complexity index is 855. The highest BCUT2D eigenvalue weighted by molar-refractivity contribution is 5.70. The highest BCUT2D eigenvalue weighted by Gasteiger charge is 2.28. The molecule has 1 aliphatic rings. The molecule has 3 aromatic carbocycles. The van der Waals surface area contributed by atoms with Crippen LogP contribution in [0, 0.1) is 6.92 Å². The molecule has 1 heterocycles. The summed E-state index contributed by atoms with van der Waals surface area (Å²) in [5.41, 5.74) is 4.64. The van der Waals surface area contributed by atoms with Crippen molar-refractivity contribution in [1.82, 2.24) is 5.32 Å². The van der Waals surface area contributed by atoms with Gasteiger partial charge in [-0.15, -0.1) is 0 Å². The highest BCUT2D eigenvalue weighted by Crippen LogP contribution is 2.35. The lowest BCUT2D eigenvalue weighted by molar-refractivity contribution is -0.0430. The molecule has 138 valence electrons. The average molecular weight is 359 g/mol. The number of benzene rings is 3. The summed E-state index contributed by atoms with van der Waals surface area (Å²) in [6.45, 7) is 4.48. The van der Waals surface area contributed by atoms with Gasteiger partial charge < -0.3 is 14.8 Å². The fraction of sp³-hybridized carbons (Fsp3) is 0.250. The van der Waals surface area contributed by atoms with E-state index in [1.54, 1.807) is 0 Å². The Morgan fingerprint density at radius 1 is 0.926 bits per heavy atom. The SMILES string of the molecule is Cc1ccc(-c2ccccc2O[C@@H](c2ccccc2)[C@@H]2CNCCO2)cc1. The lowest BCUT2D eigenvalue weighted by atomic mass is 10.0. The maximum atomic E-state index is 6.59. The molecule has 0 spiro atoms. The third kappa shape index (κ3) is 4.21. The molecule has 4 rings (SSSR count). The molecule has 2 atom stereocenters. The molecule has 3 aromatic rings. The van der Waals surface area contributed by atoms with Gasteiger partial charge in [-0.2, -0.15) is 0 Å². The Kier molecular flexibility index (Phi) is 5.52. The number of hydrogen-bond acceptors (Lipinski definition) is 3. The van der Waals surface area contributed by atoms with Gasteiger partial charge in [-0.25, -0.2) is 0 Å². The van der Waals surface area contributed by atoms with Gasteiger partial charge in [-0.3, -0.25) is 0 Å². The van der Waals surface area contributed by atoms with E-state index in [4.69, 9.17) is 9.47 Å². The van der Waals surface area contributed by atoms with E-state index in [2.05, 4.69) is 60.8 Å². The summed E-state index contributed by atoms with van der Waals surface area (Å²) in [5.74, 6) is 0.879. The zero-order chi connectivity index (χ0) is 18.5. The van der Waals surface area contributed by atoms with E-state index in [1.165, 1.54) is 5.56 Å². The fourth-order valence-corrected chi connectivity index (χ4v) is 3.46. The third-order valence-electron chi connectivity index (χ3n) is 4.93. The van der Waals surface area contributed by atoms with Gasteiger partial charge in [-0.05, 0) is 24.1 Å². The van der Waals surface area contributed by atoms with E-state index in [0.717, 1.165) is 35.5 Å². The van der Waals surface area contributed by atoms with E-state index in [0.29, 0.717) is 6.61 Å². The van der Waals surface area contributed by atoms with Crippen molar-refractivity contribution in [3.8, 4) is 16.9 Å². The zero-order valence-electron chi connectivity index (χ0n) is 15.6. The summed E-state index contributed by atoms with van der Waals surface area (Å²) in [4.78, 5) is 0. The first kappa shape index (κ1) is 17.8. The lowest BCUT2D eigenvalue weighted by Crippen LogP contribution is -2.43. The van der Waals surface area contributed by atoms with E-state index < -0.39 is 0 Å². The molecule has 1 fully saturated rings. The van der Waals surface area contributed by atoms with Crippen molar-refractivity contribution in [3.63, 3.8) is 0 Å². The van der Waals surface area contributed by atoms with Crippen molar-refractivity contribution >= 4 is 0 Å². The lowest BCUT2D eigenvalue weighted by Gasteiger charge is -2.32. The van der Waals surface area contributed by atoms with Crippen LogP contribution in [0.25, 0.3) is 11.1 Å². The van der Waals surface area contributed by atoms with Gasteiger partial charge in [0, 0.05) is 18.7 Å². The first-order chi connectivity index (χ1) is 13.3. The Balaban J connectivity index is 1.68. The van der Waals surface area contributed by atoms with Crippen LogP contribution >= 0.6 is 0 Å². The predicted octanol–water partition coefficient (Wildman–Crippen LogP) is 4.77. The number of hydrogen-bond donors (Lipinski definition) is 1. The molecule has 3 nitrogen and oxygen atoms in total. The normalized spacial score (nSPS) is 18.0. The van der Waals surface area contributed by atoms with Crippen LogP contribution in [0.15, 0.2) is 78.9 Å². The second-order valence-corrected chi connectivity index (χ2v) is 6.92. The summed E-state index contributed by atoms with van der Waals surface area (Å²) in [6.07, 6.45) is -0.183. The number of nitrogens with one attached hydrogen (secondary N) is 1. The minimum absolute atomic E-state index is 0.0211. The molecule has 27 heavy (non-hydrogen) atoms. The van der Waals surface area contributed by atoms with Gasteiger partial charge >= 0.3 is 0 Å². The Hall–Kier alpha value is -2.62. The number of aryl methyl sites for hydroxylation is 1. The maximum Gasteiger partial charge on any atom is 0.151 e. The third-order valence-corrected chi connectivity index (χ3v) is 4.93. The summed E-state index contributed by atoms with van der Waals surface area (Å²) in [6, 6.07) is 27.1. The average Bonchev–Trinajstić information content (AvgIpc) is 2.74. The molecule has 1 saturated heterocycles. The van der Waals surface area contributed by atoms with E-state index in [-0.39, 0.29) is 12.2 Å². The molecule has 1 aliphatic heterocycles. The molecular formula is C24H25NO2. The quantitative estimate of drug-likeness (QED) is 0.712. The zero-order valence-corrected chi connectivity index (χ0v) is 15.6. The van der Waals surface area contributed by atoms with Gasteiger partial charge in [0.1, 0.15) is 11.9 Å². The Labute approximate surface area is 161 Å². The topological polar surface area (TPSA) is 30.5 Å². The fourth-order valence-electron chi connectivity index (χ4n) is 3.46. The largest absolute Gasteiger partial charge is 0.482 e. The molecule has 1 N–H and O–H groups in total. The van der Waals surface area contributed by atoms with Crippen molar-refractivity contribution in [1.29, 1.82) is 0 Å². The van der Waals surface area contributed by atoms with E-state index >= 15 is 0 Å². The molecule has 3 heteroatoms. The van der Waals surface area contributed by atoms with Crippen LogP contribution < -0.4 is 10.1 Å². The van der Waals surface area contributed by atoms with Crippen LogP contribution in [0.2, 0.25) is 0 Å². The van der Waals surface area contributed by atoms with E-state index in [1.807, 2.05) is 30.3 Å². The molecular weight excluding hydrogens is 334 g/mol. The minimum Gasteiger partial charge on any atom is -0.482 e. The highest BCUT2D eigenvalue weighted by atomic mass is 16.5. The maximum absolute atomic E-state index is 6.59. The van der Waals surface area contributed by atoms with Crippen LogP contribution in [0.3, 0.4) is 0 Å². The van der Waals surface area contributed by atoms with Crippen molar-refractivity contribution in [3.05, 3.63) is 90.0 Å². The number of rotatable bonds is 5. The number of ether oxygens (including phenoxy) is 2. The second kappa shape index (κ2) is 8.38. The monoisotopic (exact) mass is 359 g/mol. The van der Waals surface area contributed by atoms with Crippen molar-refractivity contribution in [2.75, 3.05) is 19.7 Å². The van der Waals surface area contributed by atoms with Crippen LogP contribution in [0.1, 0.15) is 17.2 Å². The number of para-hydroxylation sites is 1. The van der Waals surface area contributed by atoms with Crippen LogP contribution in [0.4, 0.5) is 0 Å². The van der Waals surface area contributed by atoms with Crippen LogP contribution in [-0.2, 0) is 4.74 Å². The Morgan fingerprint density at radius 2 is 1.67 bits per heavy atom. The molecule has 0 aromatic heterocycles. The molecule has 0 aliphatic carbocycles. The van der Waals surface area contributed by atoms with Gasteiger partial charge in [-0.1, -0.05) is 78.4 Å². The van der Waals surface area contributed by atoms with Gasteiger partial charge in [0.25, 0.3) is 0 Å². The number of morpholine rings is 1. The minimum atomic E-state index is -0.161. The molecule has 0 unspecified atom stereocenters. The van der Waals surface area contributed by atoms with Crippen LogP contribution in [-0.4, -0.2) is 25.8 Å². The van der Waals surface area contributed by atoms with Gasteiger partial charge in [0.15, 0.2) is 6.10 Å². The van der Waals surface area contributed by atoms with E-state index in [9.17, 15) is 0 Å². The molecule has 0 amide bonds. The molecule has 0 radical (unpaired) electrons. The molecule has 0 bridgehead atoms. The summed E-state index contributed by atoms with van der Waals surface area (Å²) in [7, 11) is 0. The molecule has 0 saturated carbocycles. The Morgan fingerprint density at radius 3 is 2.41 bits per heavy atom. The van der Waals surface area contributed by atoms with Crippen LogP contribution in [0.5, 0.6) is 5.75 Å². The summed E-state index contributed by atoms with van der Waals surface area (Å²) < 4.78 is 12.6. The van der Waals surface area contributed by atoms with Crippen molar-refractivity contribution < 1.29 is 9.47 Å². The summed E-state index contributed by atoms with van der Waals surface area (Å²) >= 11 is 0. The van der Waals surface area contributed by atoms with Gasteiger partial charge in [0.2, 0.25) is 0 Å². The second-order valence-electron chi connectivity index (χ2n) is 6.92. The predicted molar refractivity (Wildman–Crippen MR) is 109 cm³/mol. The van der Waals surface area contributed by atoms with Crippen molar-refractivity contribution in [2.45, 2.75) is 19.1 Å². The summed E-state index contributed by atoms with van der Waals surface area (Å²) in [5, 5.41) is 3.42. The van der Waals surface area contributed by atoms with Gasteiger partial charge in [0.05, 0.1) is 6.61 Å². The first-order valence-electron chi connectivity index (χ1n) is 9.51.